The summed E-state index contributed by atoms with van der Waals surface area (Å²) in [6.45, 7) is 2.75. The van der Waals surface area contributed by atoms with Crippen molar-refractivity contribution in [3.05, 3.63) is 40.6 Å². The third kappa shape index (κ3) is 2.87. The zero-order chi connectivity index (χ0) is 12.3. The van der Waals surface area contributed by atoms with Crippen molar-refractivity contribution in [1.82, 2.24) is 9.78 Å². The number of halogens is 1. The molecule has 0 aliphatic heterocycles. The van der Waals surface area contributed by atoms with Crippen LogP contribution in [0.2, 0.25) is 0 Å². The second-order valence-electron chi connectivity index (χ2n) is 3.54. The van der Waals surface area contributed by atoms with Crippen molar-refractivity contribution in [1.29, 1.82) is 0 Å². The number of aromatic nitrogens is 2. The molecular formula is C12H13BrN2O2. The summed E-state index contributed by atoms with van der Waals surface area (Å²) < 4.78 is 8.37. The molecule has 4 nitrogen and oxygen atoms in total. The lowest BCUT2D eigenvalue weighted by Gasteiger charge is -2.08. The van der Waals surface area contributed by atoms with Crippen LogP contribution in [-0.2, 0) is 13.2 Å². The van der Waals surface area contributed by atoms with E-state index in [2.05, 4.69) is 21.0 Å². The van der Waals surface area contributed by atoms with E-state index in [9.17, 15) is 5.11 Å². The fourth-order valence-electron chi connectivity index (χ4n) is 1.47. The highest BCUT2D eigenvalue weighted by Crippen LogP contribution is 2.27. The van der Waals surface area contributed by atoms with Crippen molar-refractivity contribution in [2.24, 2.45) is 0 Å². The van der Waals surface area contributed by atoms with Gasteiger partial charge < -0.3 is 9.84 Å². The number of rotatable bonds is 4. The van der Waals surface area contributed by atoms with E-state index < -0.39 is 0 Å². The molecule has 0 fully saturated rings. The van der Waals surface area contributed by atoms with Crippen LogP contribution in [0.5, 0.6) is 11.5 Å². The van der Waals surface area contributed by atoms with Gasteiger partial charge in [0, 0.05) is 16.6 Å². The van der Waals surface area contributed by atoms with Gasteiger partial charge in [0.25, 0.3) is 0 Å². The van der Waals surface area contributed by atoms with Crippen LogP contribution in [0, 0.1) is 0 Å². The van der Waals surface area contributed by atoms with E-state index in [0.717, 1.165) is 16.6 Å². The van der Waals surface area contributed by atoms with Crippen LogP contribution >= 0.6 is 15.9 Å². The molecule has 1 aromatic heterocycles. The van der Waals surface area contributed by atoms with E-state index in [1.165, 1.54) is 0 Å². The molecule has 17 heavy (non-hydrogen) atoms. The van der Waals surface area contributed by atoms with Crippen LogP contribution < -0.4 is 4.74 Å². The Kier molecular flexibility index (Phi) is 3.81. The normalized spacial score (nSPS) is 10.5. The van der Waals surface area contributed by atoms with E-state index in [0.29, 0.717) is 11.5 Å². The third-order valence-electron chi connectivity index (χ3n) is 2.35. The number of aryl methyl sites for hydroxylation is 1. The molecule has 0 bridgehead atoms. The van der Waals surface area contributed by atoms with Crippen LogP contribution in [0.1, 0.15) is 12.5 Å². The lowest BCUT2D eigenvalue weighted by atomic mass is 10.2. The van der Waals surface area contributed by atoms with Crippen LogP contribution in [0.15, 0.2) is 35.1 Å². The van der Waals surface area contributed by atoms with Gasteiger partial charge in [0.2, 0.25) is 0 Å². The average Bonchev–Trinajstić information content (AvgIpc) is 2.79. The monoisotopic (exact) mass is 296 g/mol. The maximum atomic E-state index is 9.25. The zero-order valence-electron chi connectivity index (χ0n) is 9.43. The molecule has 0 saturated heterocycles. The van der Waals surface area contributed by atoms with E-state index in [1.807, 2.05) is 31.3 Å². The molecule has 2 aromatic rings. The van der Waals surface area contributed by atoms with Gasteiger partial charge in [-0.3, -0.25) is 4.68 Å². The highest BCUT2D eigenvalue weighted by molar-refractivity contribution is 9.10. The SMILES string of the molecule is CCn1cc(Oc2ccc(Br)cc2CO)cn1. The Morgan fingerprint density at radius 2 is 2.29 bits per heavy atom. The molecule has 0 radical (unpaired) electrons. The molecule has 2 rings (SSSR count). The maximum Gasteiger partial charge on any atom is 0.165 e. The van der Waals surface area contributed by atoms with Crippen molar-refractivity contribution < 1.29 is 9.84 Å². The Morgan fingerprint density at radius 3 is 2.94 bits per heavy atom. The first kappa shape index (κ1) is 12.1. The molecule has 0 atom stereocenters. The van der Waals surface area contributed by atoms with Crippen LogP contribution in [0.3, 0.4) is 0 Å². The predicted octanol–water partition coefficient (Wildman–Crippen LogP) is 2.95. The number of aliphatic hydroxyl groups excluding tert-OH is 1. The third-order valence-corrected chi connectivity index (χ3v) is 2.85. The molecule has 0 saturated carbocycles. The maximum absolute atomic E-state index is 9.25. The molecule has 0 unspecified atom stereocenters. The topological polar surface area (TPSA) is 47.3 Å². The first-order valence-corrected chi connectivity index (χ1v) is 6.12. The van der Waals surface area contributed by atoms with Crippen molar-refractivity contribution in [3.8, 4) is 11.5 Å². The predicted molar refractivity (Wildman–Crippen MR) is 68.0 cm³/mol. The fraction of sp³-hybridized carbons (Fsp3) is 0.250. The van der Waals surface area contributed by atoms with E-state index in [-0.39, 0.29) is 6.61 Å². The van der Waals surface area contributed by atoms with Crippen molar-refractivity contribution in [2.75, 3.05) is 0 Å². The number of aliphatic hydroxyl groups is 1. The standard InChI is InChI=1S/C12H13BrN2O2/c1-2-15-7-11(6-14-15)17-12-4-3-10(13)5-9(12)8-16/h3-7,16H,2,8H2,1H3. The largest absolute Gasteiger partial charge is 0.454 e. The first-order valence-electron chi connectivity index (χ1n) is 5.32. The first-order chi connectivity index (χ1) is 8.22. The molecule has 90 valence electrons. The number of ether oxygens (including phenoxy) is 1. The van der Waals surface area contributed by atoms with E-state index in [4.69, 9.17) is 4.74 Å². The Labute approximate surface area is 108 Å². The lowest BCUT2D eigenvalue weighted by Crippen LogP contribution is -1.93. The summed E-state index contributed by atoms with van der Waals surface area (Å²) >= 11 is 3.35. The van der Waals surface area contributed by atoms with Gasteiger partial charge in [-0.1, -0.05) is 15.9 Å². The molecule has 0 aliphatic carbocycles. The Balaban J connectivity index is 2.23. The average molecular weight is 297 g/mol. The van der Waals surface area contributed by atoms with Crippen molar-refractivity contribution in [2.45, 2.75) is 20.1 Å². The van der Waals surface area contributed by atoms with Gasteiger partial charge in [-0.05, 0) is 25.1 Å². The summed E-state index contributed by atoms with van der Waals surface area (Å²) in [5.41, 5.74) is 0.739. The van der Waals surface area contributed by atoms with E-state index >= 15 is 0 Å². The van der Waals surface area contributed by atoms with E-state index in [1.54, 1.807) is 10.9 Å². The highest BCUT2D eigenvalue weighted by Gasteiger charge is 2.06. The number of hydrogen-bond acceptors (Lipinski definition) is 3. The summed E-state index contributed by atoms with van der Waals surface area (Å²) in [6.07, 6.45) is 3.48. The number of hydrogen-bond donors (Lipinski definition) is 1. The van der Waals surface area contributed by atoms with Gasteiger partial charge in [-0.2, -0.15) is 5.10 Å². The Bertz CT molecular complexity index is 511. The van der Waals surface area contributed by atoms with Gasteiger partial charge in [0.1, 0.15) is 5.75 Å². The minimum Gasteiger partial charge on any atom is -0.454 e. The smallest absolute Gasteiger partial charge is 0.165 e. The second kappa shape index (κ2) is 5.33. The van der Waals surface area contributed by atoms with Gasteiger partial charge in [0.15, 0.2) is 5.75 Å². The van der Waals surface area contributed by atoms with Gasteiger partial charge in [-0.25, -0.2) is 0 Å². The molecule has 1 heterocycles. The molecule has 0 spiro atoms. The van der Waals surface area contributed by atoms with Crippen molar-refractivity contribution >= 4 is 15.9 Å². The molecule has 0 amide bonds. The summed E-state index contributed by atoms with van der Waals surface area (Å²) in [5, 5.41) is 13.4. The zero-order valence-corrected chi connectivity index (χ0v) is 11.0. The molecule has 5 heteroatoms. The van der Waals surface area contributed by atoms with Crippen LogP contribution in [0.4, 0.5) is 0 Å². The quantitative estimate of drug-likeness (QED) is 0.944. The minimum atomic E-state index is -0.0588. The van der Waals surface area contributed by atoms with Gasteiger partial charge >= 0.3 is 0 Å². The Hall–Kier alpha value is -1.33. The molecule has 0 aliphatic rings. The van der Waals surface area contributed by atoms with Crippen LogP contribution in [-0.4, -0.2) is 14.9 Å². The second-order valence-corrected chi connectivity index (χ2v) is 4.46. The fourth-order valence-corrected chi connectivity index (χ4v) is 1.88. The van der Waals surface area contributed by atoms with Gasteiger partial charge in [-0.15, -0.1) is 0 Å². The van der Waals surface area contributed by atoms with Gasteiger partial charge in [0.05, 0.1) is 19.0 Å². The molecular weight excluding hydrogens is 284 g/mol. The highest BCUT2D eigenvalue weighted by atomic mass is 79.9. The summed E-state index contributed by atoms with van der Waals surface area (Å²) in [7, 11) is 0. The Morgan fingerprint density at radius 1 is 1.47 bits per heavy atom. The number of benzene rings is 1. The molecule has 1 aromatic carbocycles. The summed E-state index contributed by atoms with van der Waals surface area (Å²) in [6, 6.07) is 5.53. The molecule has 1 N–H and O–H groups in total. The lowest BCUT2D eigenvalue weighted by molar-refractivity contribution is 0.276. The minimum absolute atomic E-state index is 0.0588. The van der Waals surface area contributed by atoms with Crippen LogP contribution in [0.25, 0.3) is 0 Å². The summed E-state index contributed by atoms with van der Waals surface area (Å²) in [5.74, 6) is 1.32. The van der Waals surface area contributed by atoms with Crippen molar-refractivity contribution in [3.63, 3.8) is 0 Å². The summed E-state index contributed by atoms with van der Waals surface area (Å²) in [4.78, 5) is 0. The number of nitrogens with zero attached hydrogens (tertiary/aromatic N) is 2.